The number of esters is 1. The molecule has 0 bridgehead atoms. The molecule has 2 heterocycles. The molecule has 0 aliphatic rings. The van der Waals surface area contributed by atoms with Crippen LogP contribution in [0.15, 0.2) is 90.7 Å². The topological polar surface area (TPSA) is 47.0 Å². The smallest absolute Gasteiger partial charge is 0.325 e. The van der Waals surface area contributed by atoms with Crippen LogP contribution in [-0.2, 0) is 16.1 Å². The lowest BCUT2D eigenvalue weighted by atomic mass is 10.2. The Kier molecular flexibility index (Phi) is 9.43. The summed E-state index contributed by atoms with van der Waals surface area (Å²) in [4.78, 5) is 15.3. The molecule has 6 rings (SSSR count). The number of hydrogen-bond acceptors (Lipinski definition) is 2. The number of rotatable bonds is 3. The first-order chi connectivity index (χ1) is 17.3. The van der Waals surface area contributed by atoms with Crippen molar-refractivity contribution in [1.82, 2.24) is 9.55 Å². The number of ether oxygens (including phenoxy) is 1. The van der Waals surface area contributed by atoms with Crippen LogP contribution in [0.1, 0.15) is 6.92 Å². The molecule has 190 valence electrons. The van der Waals surface area contributed by atoms with E-state index in [1.807, 2.05) is 35.8 Å². The van der Waals surface area contributed by atoms with Crippen molar-refractivity contribution in [3.05, 3.63) is 90.7 Å². The highest BCUT2D eigenvalue weighted by molar-refractivity contribution is 14.0. The Labute approximate surface area is 264 Å². The number of hydrogen-bond donors (Lipinski definition) is 1. The number of nitrogens with zero attached hydrogens (tertiary/aromatic N) is 1. The van der Waals surface area contributed by atoms with Crippen LogP contribution in [-0.4, -0.2) is 22.1 Å². The molecule has 1 N–H and O–H groups in total. The predicted octanol–water partition coefficient (Wildman–Crippen LogP) is 10.3. The third-order valence-corrected chi connectivity index (χ3v) is 7.88. The van der Waals surface area contributed by atoms with Gasteiger partial charge in [-0.15, -0.1) is 24.0 Å². The van der Waals surface area contributed by atoms with Gasteiger partial charge in [-0.05, 0) is 55.5 Å². The third kappa shape index (κ3) is 6.11. The molecule has 0 spiro atoms. The van der Waals surface area contributed by atoms with Crippen molar-refractivity contribution in [3.8, 4) is 0 Å². The summed E-state index contributed by atoms with van der Waals surface area (Å²) in [6, 6.07) is 24.8. The summed E-state index contributed by atoms with van der Waals surface area (Å²) < 4.78 is 11.3. The zero-order valence-corrected chi connectivity index (χ0v) is 28.2. The third-order valence-electron chi connectivity index (χ3n) is 5.91. The van der Waals surface area contributed by atoms with E-state index in [-0.39, 0.29) is 36.5 Å². The Morgan fingerprint density at radius 2 is 1.11 bits per heavy atom. The molecule has 0 unspecified atom stereocenters. The van der Waals surface area contributed by atoms with Gasteiger partial charge in [0, 0.05) is 50.5 Å². The van der Waals surface area contributed by atoms with E-state index in [0.29, 0.717) is 6.61 Å². The number of carbonyl (C=O) groups excluding carboxylic acids is 1. The van der Waals surface area contributed by atoms with Gasteiger partial charge < -0.3 is 14.3 Å². The average Bonchev–Trinajstić information content (AvgIpc) is 3.33. The normalized spacial score (nSPS) is 10.9. The quantitative estimate of drug-likeness (QED) is 0.142. The molecule has 6 aromatic rings. The van der Waals surface area contributed by atoms with Crippen molar-refractivity contribution in [2.45, 2.75) is 13.5 Å². The second-order valence-electron chi connectivity index (χ2n) is 8.22. The van der Waals surface area contributed by atoms with Gasteiger partial charge in [0.25, 0.3) is 0 Å². The minimum absolute atomic E-state index is 0. The summed E-state index contributed by atoms with van der Waals surface area (Å²) in [5.41, 5.74) is 4.37. The van der Waals surface area contributed by atoms with Crippen LogP contribution in [0.4, 0.5) is 0 Å². The van der Waals surface area contributed by atoms with Crippen LogP contribution in [0.2, 0.25) is 0 Å². The first kappa shape index (κ1) is 28.6. The molecule has 4 nitrogen and oxygen atoms in total. The lowest BCUT2D eigenvalue weighted by Gasteiger charge is -2.07. The lowest BCUT2D eigenvalue weighted by molar-refractivity contribution is -0.143. The van der Waals surface area contributed by atoms with Crippen LogP contribution in [0, 0.1) is 0 Å². The van der Waals surface area contributed by atoms with Crippen LogP contribution in [0.25, 0.3) is 43.6 Å². The van der Waals surface area contributed by atoms with Gasteiger partial charge in [0.1, 0.15) is 6.54 Å². The van der Waals surface area contributed by atoms with Gasteiger partial charge in [0.05, 0.1) is 17.6 Å². The van der Waals surface area contributed by atoms with E-state index < -0.39 is 0 Å². The van der Waals surface area contributed by atoms with E-state index in [9.17, 15) is 4.79 Å². The van der Waals surface area contributed by atoms with Crippen molar-refractivity contribution in [1.29, 1.82) is 0 Å². The molecule has 0 saturated carbocycles. The van der Waals surface area contributed by atoms with Crippen molar-refractivity contribution < 1.29 is 9.53 Å². The van der Waals surface area contributed by atoms with E-state index in [4.69, 9.17) is 4.74 Å². The molecule has 9 heteroatoms. The SMILES string of the molecule is Brc1ccc2c(c1)[nH]c1cc(Br)ccc12.CCOC(=O)Cn1c2cc(Br)ccc2c2ccc(Br)cc21.I. The number of fused-ring (bicyclic) bond motifs is 6. The van der Waals surface area contributed by atoms with Gasteiger partial charge in [0.15, 0.2) is 0 Å². The zero-order chi connectivity index (χ0) is 25.4. The fourth-order valence-electron chi connectivity index (χ4n) is 4.40. The van der Waals surface area contributed by atoms with Crippen LogP contribution in [0.5, 0.6) is 0 Å². The molecular weight excluding hydrogens is 843 g/mol. The van der Waals surface area contributed by atoms with E-state index in [2.05, 4.69) is 117 Å². The Hall–Kier alpha value is -1.40. The zero-order valence-electron chi connectivity index (χ0n) is 19.5. The molecule has 0 aliphatic heterocycles. The average molecular weight is 864 g/mol. The molecule has 4 aromatic carbocycles. The Bertz CT molecular complexity index is 1640. The number of benzene rings is 4. The highest BCUT2D eigenvalue weighted by Crippen LogP contribution is 2.33. The number of nitrogens with one attached hydrogen (secondary N) is 1. The molecule has 0 saturated heterocycles. The minimum atomic E-state index is -0.226. The van der Waals surface area contributed by atoms with Gasteiger partial charge in [-0.25, -0.2) is 0 Å². The first-order valence-electron chi connectivity index (χ1n) is 11.2. The molecule has 0 aliphatic carbocycles. The molecular formula is C28H21Br4IN2O2. The summed E-state index contributed by atoms with van der Waals surface area (Å²) >= 11 is 13.9. The maximum atomic E-state index is 11.9. The Morgan fingerprint density at radius 3 is 1.54 bits per heavy atom. The monoisotopic (exact) mass is 860 g/mol. The first-order valence-corrected chi connectivity index (χ1v) is 14.4. The van der Waals surface area contributed by atoms with Gasteiger partial charge in [-0.1, -0.05) is 88.0 Å². The van der Waals surface area contributed by atoms with Crippen molar-refractivity contribution in [3.63, 3.8) is 0 Å². The maximum absolute atomic E-state index is 11.9. The lowest BCUT2D eigenvalue weighted by Crippen LogP contribution is -2.13. The number of carbonyl (C=O) groups is 1. The van der Waals surface area contributed by atoms with Gasteiger partial charge >= 0.3 is 5.97 Å². The van der Waals surface area contributed by atoms with E-state index in [1.54, 1.807) is 0 Å². The number of aromatic nitrogens is 2. The summed E-state index contributed by atoms with van der Waals surface area (Å²) in [5, 5.41) is 4.79. The molecule has 0 fully saturated rings. The highest BCUT2D eigenvalue weighted by atomic mass is 127. The molecule has 0 atom stereocenters. The molecule has 0 amide bonds. The fourth-order valence-corrected chi connectivity index (χ4v) is 5.82. The maximum Gasteiger partial charge on any atom is 0.325 e. The van der Waals surface area contributed by atoms with Crippen LogP contribution < -0.4 is 0 Å². The van der Waals surface area contributed by atoms with Crippen molar-refractivity contribution in [2.75, 3.05) is 6.61 Å². The number of aromatic amines is 1. The minimum Gasteiger partial charge on any atom is -0.465 e. The summed E-state index contributed by atoms with van der Waals surface area (Å²) in [5.74, 6) is -0.226. The molecule has 2 aromatic heterocycles. The molecule has 0 radical (unpaired) electrons. The second kappa shape index (κ2) is 12.2. The van der Waals surface area contributed by atoms with Crippen molar-refractivity contribution in [2.24, 2.45) is 0 Å². The Morgan fingerprint density at radius 1 is 0.703 bits per heavy atom. The number of H-pyrrole nitrogens is 1. The largest absolute Gasteiger partial charge is 0.465 e. The van der Waals surface area contributed by atoms with Gasteiger partial charge in [-0.2, -0.15) is 0 Å². The van der Waals surface area contributed by atoms with Gasteiger partial charge in [-0.3, -0.25) is 4.79 Å². The van der Waals surface area contributed by atoms with E-state index in [0.717, 1.165) is 50.7 Å². The molecule has 37 heavy (non-hydrogen) atoms. The van der Waals surface area contributed by atoms with E-state index in [1.165, 1.54) is 10.8 Å². The summed E-state index contributed by atoms with van der Waals surface area (Å²) in [6.07, 6.45) is 0. The second-order valence-corrected chi connectivity index (χ2v) is 11.9. The van der Waals surface area contributed by atoms with Crippen LogP contribution in [0.3, 0.4) is 0 Å². The van der Waals surface area contributed by atoms with Crippen LogP contribution >= 0.6 is 87.7 Å². The Balaban J connectivity index is 0.000000177. The summed E-state index contributed by atoms with van der Waals surface area (Å²) in [7, 11) is 0. The highest BCUT2D eigenvalue weighted by Gasteiger charge is 2.14. The van der Waals surface area contributed by atoms with Gasteiger partial charge in [0.2, 0.25) is 0 Å². The number of halogens is 5. The van der Waals surface area contributed by atoms with Crippen molar-refractivity contribution >= 4 is 137 Å². The van der Waals surface area contributed by atoms with E-state index >= 15 is 0 Å². The standard InChI is InChI=1S/C16H13Br2NO2.C12H7Br2N.HI/c1-2-21-16(20)9-19-14-7-10(17)3-5-12(14)13-6-4-11(18)8-15(13)19;13-7-1-3-9-10-4-2-8(14)6-12(10)15-11(9)5-7;/h3-8H,2,9H2,1H3;1-6,15H;1H. The predicted molar refractivity (Wildman–Crippen MR) is 178 cm³/mol. The fraction of sp³-hybridized carbons (Fsp3) is 0.107. The summed E-state index contributed by atoms with van der Waals surface area (Å²) in [6.45, 7) is 2.42.